The Morgan fingerprint density at radius 3 is 2.86 bits per heavy atom. The molecule has 0 aliphatic carbocycles. The average Bonchev–Trinajstić information content (AvgIpc) is 3.20. The van der Waals surface area contributed by atoms with Crippen LogP contribution in [-0.2, 0) is 17.9 Å². The SMILES string of the molecule is O=C(C1CNNN1)N(Cc1ccccc1)Cc1nccs1. The number of carbonyl (C=O) groups is 1. The summed E-state index contributed by atoms with van der Waals surface area (Å²) in [6.45, 7) is 1.68. The van der Waals surface area contributed by atoms with Gasteiger partial charge in [-0.3, -0.25) is 4.79 Å². The van der Waals surface area contributed by atoms with E-state index in [0.717, 1.165) is 10.6 Å². The van der Waals surface area contributed by atoms with Gasteiger partial charge in [0.1, 0.15) is 11.0 Å². The predicted molar refractivity (Wildman–Crippen MR) is 80.9 cm³/mol. The highest BCUT2D eigenvalue weighted by Crippen LogP contribution is 2.13. The number of aromatic nitrogens is 1. The summed E-state index contributed by atoms with van der Waals surface area (Å²) in [5, 5.41) is 2.87. The van der Waals surface area contributed by atoms with E-state index in [4.69, 9.17) is 0 Å². The van der Waals surface area contributed by atoms with Crippen molar-refractivity contribution in [1.82, 2.24) is 26.3 Å². The molecular formula is C14H17N5OS. The number of hydrazine groups is 2. The molecule has 3 rings (SSSR count). The van der Waals surface area contributed by atoms with Gasteiger partial charge in [0.05, 0.1) is 6.54 Å². The van der Waals surface area contributed by atoms with Crippen molar-refractivity contribution in [3.8, 4) is 0 Å². The van der Waals surface area contributed by atoms with E-state index in [1.54, 1.807) is 17.5 Å². The Morgan fingerprint density at radius 2 is 2.19 bits per heavy atom. The number of thiazole rings is 1. The van der Waals surface area contributed by atoms with Gasteiger partial charge in [0, 0.05) is 24.7 Å². The molecule has 1 unspecified atom stereocenters. The van der Waals surface area contributed by atoms with Gasteiger partial charge >= 0.3 is 0 Å². The van der Waals surface area contributed by atoms with E-state index in [1.807, 2.05) is 40.6 Å². The Balaban J connectivity index is 1.74. The molecule has 1 saturated heterocycles. The van der Waals surface area contributed by atoms with Crippen LogP contribution in [0, 0.1) is 0 Å². The van der Waals surface area contributed by atoms with Crippen LogP contribution in [0.15, 0.2) is 41.9 Å². The van der Waals surface area contributed by atoms with Crippen LogP contribution in [0.5, 0.6) is 0 Å². The molecular weight excluding hydrogens is 286 g/mol. The number of carbonyl (C=O) groups excluding carboxylic acids is 1. The van der Waals surface area contributed by atoms with Crippen molar-refractivity contribution in [2.75, 3.05) is 6.54 Å². The molecule has 1 aromatic heterocycles. The molecule has 0 radical (unpaired) electrons. The molecule has 2 heterocycles. The molecule has 110 valence electrons. The van der Waals surface area contributed by atoms with Crippen molar-refractivity contribution in [3.05, 3.63) is 52.5 Å². The first kappa shape index (κ1) is 14.2. The fourth-order valence-electron chi connectivity index (χ4n) is 2.22. The summed E-state index contributed by atoms with van der Waals surface area (Å²) < 4.78 is 0. The van der Waals surface area contributed by atoms with Crippen molar-refractivity contribution in [2.45, 2.75) is 19.1 Å². The zero-order valence-corrected chi connectivity index (χ0v) is 12.3. The summed E-state index contributed by atoms with van der Waals surface area (Å²) in [5.41, 5.74) is 9.72. The molecule has 1 aliphatic rings. The fraction of sp³-hybridized carbons (Fsp3) is 0.286. The molecule has 0 saturated carbocycles. The van der Waals surface area contributed by atoms with Crippen LogP contribution in [0.3, 0.4) is 0 Å². The number of amides is 1. The van der Waals surface area contributed by atoms with Gasteiger partial charge in [0.15, 0.2) is 0 Å². The molecule has 0 spiro atoms. The molecule has 1 aromatic carbocycles. The zero-order chi connectivity index (χ0) is 14.5. The average molecular weight is 303 g/mol. The van der Waals surface area contributed by atoms with Crippen LogP contribution in [0.25, 0.3) is 0 Å². The van der Waals surface area contributed by atoms with Gasteiger partial charge in [-0.25, -0.2) is 15.8 Å². The zero-order valence-electron chi connectivity index (χ0n) is 11.5. The van der Waals surface area contributed by atoms with Gasteiger partial charge in [-0.2, -0.15) is 5.53 Å². The summed E-state index contributed by atoms with van der Waals surface area (Å²) in [6, 6.07) is 9.75. The second kappa shape index (κ2) is 6.77. The van der Waals surface area contributed by atoms with Crippen LogP contribution in [0.4, 0.5) is 0 Å². The summed E-state index contributed by atoms with van der Waals surface area (Å²) in [7, 11) is 0. The normalized spacial score (nSPS) is 17.8. The summed E-state index contributed by atoms with van der Waals surface area (Å²) in [6.07, 6.45) is 1.77. The van der Waals surface area contributed by atoms with Crippen LogP contribution >= 0.6 is 11.3 Å². The van der Waals surface area contributed by atoms with E-state index in [0.29, 0.717) is 19.6 Å². The number of nitrogens with zero attached hydrogens (tertiary/aromatic N) is 2. The maximum absolute atomic E-state index is 12.6. The van der Waals surface area contributed by atoms with Gasteiger partial charge in [0.2, 0.25) is 5.91 Å². The number of benzene rings is 1. The number of rotatable bonds is 5. The lowest BCUT2D eigenvalue weighted by atomic mass is 10.2. The lowest BCUT2D eigenvalue weighted by molar-refractivity contribution is -0.134. The lowest BCUT2D eigenvalue weighted by Gasteiger charge is -2.24. The smallest absolute Gasteiger partial charge is 0.243 e. The van der Waals surface area contributed by atoms with Crippen LogP contribution in [-0.4, -0.2) is 28.4 Å². The predicted octanol–water partition coefficient (Wildman–Crippen LogP) is 0.653. The van der Waals surface area contributed by atoms with E-state index in [-0.39, 0.29) is 11.9 Å². The first-order chi connectivity index (χ1) is 10.3. The molecule has 1 amide bonds. The first-order valence-corrected chi connectivity index (χ1v) is 7.65. The number of hydrogen-bond acceptors (Lipinski definition) is 6. The molecule has 2 aromatic rings. The second-order valence-corrected chi connectivity index (χ2v) is 5.79. The Kier molecular flexibility index (Phi) is 4.56. The van der Waals surface area contributed by atoms with E-state index in [1.165, 1.54) is 0 Å². The minimum Gasteiger partial charge on any atom is -0.330 e. The van der Waals surface area contributed by atoms with E-state index >= 15 is 0 Å². The highest BCUT2D eigenvalue weighted by molar-refractivity contribution is 7.09. The van der Waals surface area contributed by atoms with E-state index in [9.17, 15) is 4.79 Å². The molecule has 3 N–H and O–H groups in total. The quantitative estimate of drug-likeness (QED) is 0.757. The third-order valence-electron chi connectivity index (χ3n) is 3.28. The lowest BCUT2D eigenvalue weighted by Crippen LogP contribution is -2.46. The minimum atomic E-state index is -0.256. The maximum atomic E-state index is 12.6. The van der Waals surface area contributed by atoms with Gasteiger partial charge in [-0.1, -0.05) is 30.3 Å². The molecule has 1 fully saturated rings. The Bertz CT molecular complexity index is 568. The van der Waals surface area contributed by atoms with E-state index < -0.39 is 0 Å². The number of hydrogen-bond donors (Lipinski definition) is 3. The Morgan fingerprint density at radius 1 is 1.33 bits per heavy atom. The molecule has 1 aliphatic heterocycles. The Hall–Kier alpha value is -1.80. The van der Waals surface area contributed by atoms with Gasteiger partial charge in [-0.05, 0) is 5.56 Å². The monoisotopic (exact) mass is 303 g/mol. The van der Waals surface area contributed by atoms with Crippen molar-refractivity contribution >= 4 is 17.2 Å². The molecule has 6 nitrogen and oxygen atoms in total. The maximum Gasteiger partial charge on any atom is 0.243 e. The molecule has 0 bridgehead atoms. The largest absolute Gasteiger partial charge is 0.330 e. The molecule has 21 heavy (non-hydrogen) atoms. The van der Waals surface area contributed by atoms with Gasteiger partial charge in [0.25, 0.3) is 0 Å². The fourth-order valence-corrected chi connectivity index (χ4v) is 2.85. The highest BCUT2D eigenvalue weighted by Gasteiger charge is 2.27. The molecule has 1 atom stereocenters. The van der Waals surface area contributed by atoms with Crippen LogP contribution in [0.2, 0.25) is 0 Å². The van der Waals surface area contributed by atoms with Crippen molar-refractivity contribution in [3.63, 3.8) is 0 Å². The summed E-state index contributed by atoms with van der Waals surface area (Å²) in [5.74, 6) is 0.0616. The first-order valence-electron chi connectivity index (χ1n) is 6.77. The minimum absolute atomic E-state index is 0.0616. The highest BCUT2D eigenvalue weighted by atomic mass is 32.1. The van der Waals surface area contributed by atoms with Gasteiger partial charge < -0.3 is 4.90 Å². The standard InChI is InChI=1S/C14H17N5OS/c20-14(12-8-16-18-17-12)19(10-13-15-6-7-21-13)9-11-4-2-1-3-5-11/h1-7,12,16-18H,8-10H2. The third-order valence-corrected chi connectivity index (χ3v) is 4.04. The summed E-state index contributed by atoms with van der Waals surface area (Å²) in [4.78, 5) is 18.7. The topological polar surface area (TPSA) is 69.3 Å². The summed E-state index contributed by atoms with van der Waals surface area (Å²) >= 11 is 1.57. The van der Waals surface area contributed by atoms with Crippen LogP contribution < -0.4 is 16.4 Å². The van der Waals surface area contributed by atoms with Crippen molar-refractivity contribution in [2.24, 2.45) is 0 Å². The van der Waals surface area contributed by atoms with Crippen molar-refractivity contribution in [1.29, 1.82) is 0 Å². The number of nitrogens with one attached hydrogen (secondary N) is 3. The van der Waals surface area contributed by atoms with Gasteiger partial charge in [-0.15, -0.1) is 11.3 Å². The van der Waals surface area contributed by atoms with Crippen LogP contribution in [0.1, 0.15) is 10.6 Å². The second-order valence-electron chi connectivity index (χ2n) is 4.81. The third kappa shape index (κ3) is 3.64. The molecule has 7 heteroatoms. The van der Waals surface area contributed by atoms with Crippen molar-refractivity contribution < 1.29 is 4.79 Å². The Labute approximate surface area is 127 Å². The van der Waals surface area contributed by atoms with E-state index in [2.05, 4.69) is 21.4 Å².